The molecule has 0 fully saturated rings. The van der Waals surface area contributed by atoms with E-state index < -0.39 is 6.10 Å². The number of hydrogen-bond acceptors (Lipinski definition) is 2. The molecular formula is C14H10BrCl3O2. The Kier molecular flexibility index (Phi) is 5.21. The van der Waals surface area contributed by atoms with Gasteiger partial charge < -0.3 is 9.84 Å². The first-order chi connectivity index (χ1) is 9.38. The van der Waals surface area contributed by atoms with Crippen molar-refractivity contribution >= 4 is 50.7 Å². The number of ether oxygens (including phenoxy) is 1. The molecule has 0 aliphatic rings. The topological polar surface area (TPSA) is 29.5 Å². The molecule has 0 aliphatic heterocycles. The molecule has 1 unspecified atom stereocenters. The van der Waals surface area contributed by atoms with Gasteiger partial charge in [-0.25, -0.2) is 0 Å². The summed E-state index contributed by atoms with van der Waals surface area (Å²) in [5, 5.41) is 10.8. The van der Waals surface area contributed by atoms with E-state index in [1.807, 2.05) is 6.07 Å². The second-order valence-electron chi connectivity index (χ2n) is 4.16. The number of aliphatic hydroxyl groups is 1. The van der Waals surface area contributed by atoms with Gasteiger partial charge in [0.15, 0.2) is 0 Å². The van der Waals surface area contributed by atoms with Gasteiger partial charge in [-0.1, -0.05) is 56.8 Å². The molecule has 0 heterocycles. The van der Waals surface area contributed by atoms with Gasteiger partial charge in [-0.15, -0.1) is 0 Å². The van der Waals surface area contributed by atoms with Crippen molar-refractivity contribution in [3.05, 3.63) is 55.4 Å². The third kappa shape index (κ3) is 3.60. The monoisotopic (exact) mass is 394 g/mol. The van der Waals surface area contributed by atoms with Gasteiger partial charge in [0.05, 0.1) is 21.2 Å². The van der Waals surface area contributed by atoms with Gasteiger partial charge in [0, 0.05) is 16.1 Å². The molecule has 1 N–H and O–H groups in total. The van der Waals surface area contributed by atoms with Crippen LogP contribution in [0.1, 0.15) is 18.6 Å². The molecule has 0 saturated carbocycles. The van der Waals surface area contributed by atoms with Crippen LogP contribution in [-0.4, -0.2) is 5.11 Å². The van der Waals surface area contributed by atoms with E-state index in [0.717, 1.165) is 4.47 Å². The summed E-state index contributed by atoms with van der Waals surface area (Å²) in [6.45, 7) is 1.66. The summed E-state index contributed by atoms with van der Waals surface area (Å²) in [5.74, 6) is 0.871. The molecule has 6 heteroatoms. The first kappa shape index (κ1) is 15.9. The fraction of sp³-hybridized carbons (Fsp3) is 0.143. The fourth-order valence-electron chi connectivity index (χ4n) is 1.64. The van der Waals surface area contributed by atoms with Crippen molar-refractivity contribution in [3.63, 3.8) is 0 Å². The minimum absolute atomic E-state index is 0.343. The number of aliphatic hydroxyl groups excluding tert-OH is 1. The Balaban J connectivity index is 2.44. The Morgan fingerprint density at radius 2 is 1.65 bits per heavy atom. The van der Waals surface area contributed by atoms with Crippen molar-refractivity contribution in [1.29, 1.82) is 0 Å². The summed E-state index contributed by atoms with van der Waals surface area (Å²) >= 11 is 21.3. The molecule has 2 aromatic rings. The van der Waals surface area contributed by atoms with Gasteiger partial charge in [0.1, 0.15) is 11.5 Å². The molecule has 20 heavy (non-hydrogen) atoms. The van der Waals surface area contributed by atoms with Crippen LogP contribution in [0.4, 0.5) is 0 Å². The maximum Gasteiger partial charge on any atom is 0.147 e. The maximum absolute atomic E-state index is 9.77. The van der Waals surface area contributed by atoms with Crippen LogP contribution in [-0.2, 0) is 0 Å². The van der Waals surface area contributed by atoms with E-state index in [0.29, 0.717) is 32.1 Å². The maximum atomic E-state index is 9.77. The lowest BCUT2D eigenvalue weighted by molar-refractivity contribution is 0.195. The molecule has 0 radical (unpaired) electrons. The van der Waals surface area contributed by atoms with E-state index in [1.165, 1.54) is 6.07 Å². The van der Waals surface area contributed by atoms with Crippen LogP contribution < -0.4 is 4.74 Å². The number of halogens is 4. The van der Waals surface area contributed by atoms with Crippen LogP contribution >= 0.6 is 50.7 Å². The predicted octanol–water partition coefficient (Wildman–Crippen LogP) is 6.25. The number of rotatable bonds is 3. The second kappa shape index (κ2) is 6.54. The Labute approximate surface area is 140 Å². The Hall–Kier alpha value is -0.450. The summed E-state index contributed by atoms with van der Waals surface area (Å²) < 4.78 is 6.58. The van der Waals surface area contributed by atoms with E-state index in [-0.39, 0.29) is 0 Å². The molecule has 0 amide bonds. The highest BCUT2D eigenvalue weighted by Crippen LogP contribution is 2.39. The van der Waals surface area contributed by atoms with E-state index in [2.05, 4.69) is 15.9 Å². The molecule has 2 aromatic carbocycles. The van der Waals surface area contributed by atoms with Crippen LogP contribution in [0.25, 0.3) is 0 Å². The smallest absolute Gasteiger partial charge is 0.147 e. The summed E-state index contributed by atoms with van der Waals surface area (Å²) in [6, 6.07) is 8.40. The summed E-state index contributed by atoms with van der Waals surface area (Å²) in [6.07, 6.45) is -0.667. The van der Waals surface area contributed by atoms with E-state index >= 15 is 0 Å². The largest absolute Gasteiger partial charge is 0.455 e. The first-order valence-electron chi connectivity index (χ1n) is 5.68. The highest BCUT2D eigenvalue weighted by molar-refractivity contribution is 9.10. The molecule has 0 bridgehead atoms. The number of hydrogen-bond donors (Lipinski definition) is 1. The highest BCUT2D eigenvalue weighted by Gasteiger charge is 2.14. The lowest BCUT2D eigenvalue weighted by atomic mass is 10.1. The van der Waals surface area contributed by atoms with Crippen LogP contribution in [0.5, 0.6) is 11.5 Å². The van der Waals surface area contributed by atoms with Crippen LogP contribution in [0.3, 0.4) is 0 Å². The van der Waals surface area contributed by atoms with Crippen LogP contribution in [0, 0.1) is 0 Å². The van der Waals surface area contributed by atoms with Crippen molar-refractivity contribution in [2.45, 2.75) is 13.0 Å². The van der Waals surface area contributed by atoms with Gasteiger partial charge in [0.2, 0.25) is 0 Å². The van der Waals surface area contributed by atoms with Gasteiger partial charge in [-0.3, -0.25) is 0 Å². The van der Waals surface area contributed by atoms with Crippen molar-refractivity contribution in [1.82, 2.24) is 0 Å². The number of benzene rings is 2. The van der Waals surface area contributed by atoms with Crippen LogP contribution in [0.2, 0.25) is 15.1 Å². The van der Waals surface area contributed by atoms with E-state index in [1.54, 1.807) is 25.1 Å². The van der Waals surface area contributed by atoms with Crippen molar-refractivity contribution < 1.29 is 9.84 Å². The van der Waals surface area contributed by atoms with Gasteiger partial charge in [-0.05, 0) is 25.1 Å². The minimum atomic E-state index is -0.667. The van der Waals surface area contributed by atoms with Crippen LogP contribution in [0.15, 0.2) is 34.8 Å². The molecule has 0 saturated heterocycles. The van der Waals surface area contributed by atoms with Gasteiger partial charge in [-0.2, -0.15) is 0 Å². The lowest BCUT2D eigenvalue weighted by Gasteiger charge is -2.15. The average molecular weight is 396 g/mol. The molecule has 0 aliphatic carbocycles. The zero-order chi connectivity index (χ0) is 14.9. The highest BCUT2D eigenvalue weighted by atomic mass is 79.9. The third-order valence-corrected chi connectivity index (χ3v) is 4.13. The van der Waals surface area contributed by atoms with Crippen molar-refractivity contribution in [3.8, 4) is 11.5 Å². The lowest BCUT2D eigenvalue weighted by Crippen LogP contribution is -1.96. The molecule has 0 spiro atoms. The van der Waals surface area contributed by atoms with Crippen molar-refractivity contribution in [2.24, 2.45) is 0 Å². The first-order valence-corrected chi connectivity index (χ1v) is 7.61. The molecule has 2 nitrogen and oxygen atoms in total. The average Bonchev–Trinajstić information content (AvgIpc) is 2.35. The normalized spacial score (nSPS) is 12.3. The standard InChI is InChI=1S/C14H10BrCl3O2/c1-7(19)9-3-2-8(15)4-13(9)20-14-6-11(17)10(16)5-12(14)18/h2-7,19H,1H3. The molecule has 0 aromatic heterocycles. The zero-order valence-corrected chi connectivity index (χ0v) is 14.2. The summed E-state index contributed by atoms with van der Waals surface area (Å²) in [4.78, 5) is 0. The van der Waals surface area contributed by atoms with Gasteiger partial charge in [0.25, 0.3) is 0 Å². The molecule has 1 atom stereocenters. The Bertz CT molecular complexity index is 645. The quantitative estimate of drug-likeness (QED) is 0.621. The van der Waals surface area contributed by atoms with E-state index in [4.69, 9.17) is 39.5 Å². The molecule has 106 valence electrons. The van der Waals surface area contributed by atoms with Gasteiger partial charge >= 0.3 is 0 Å². The fourth-order valence-corrected chi connectivity index (χ4v) is 2.56. The Morgan fingerprint density at radius 1 is 1.00 bits per heavy atom. The van der Waals surface area contributed by atoms with Crippen molar-refractivity contribution in [2.75, 3.05) is 0 Å². The minimum Gasteiger partial charge on any atom is -0.455 e. The van der Waals surface area contributed by atoms with E-state index in [9.17, 15) is 5.11 Å². The predicted molar refractivity (Wildman–Crippen MR) is 86.3 cm³/mol. The molecule has 2 rings (SSSR count). The third-order valence-electron chi connectivity index (χ3n) is 2.62. The molecular weight excluding hydrogens is 386 g/mol. The summed E-state index contributed by atoms with van der Waals surface area (Å²) in [5.41, 5.74) is 0.648. The zero-order valence-electron chi connectivity index (χ0n) is 10.3. The summed E-state index contributed by atoms with van der Waals surface area (Å²) in [7, 11) is 0. The Morgan fingerprint density at radius 3 is 2.30 bits per heavy atom. The SMILES string of the molecule is CC(O)c1ccc(Br)cc1Oc1cc(Cl)c(Cl)cc1Cl. The second-order valence-corrected chi connectivity index (χ2v) is 6.29.